The molecule has 2 heteroatoms. The van der Waals surface area contributed by atoms with E-state index in [1.807, 2.05) is 0 Å². The fourth-order valence-corrected chi connectivity index (χ4v) is 8.05. The molecule has 3 rings (SSSR count). The molecule has 2 aliphatic rings. The van der Waals surface area contributed by atoms with Gasteiger partial charge in [0.05, 0.1) is 0 Å². The Labute approximate surface area is 266 Å². The molecule has 1 atom stereocenters. The summed E-state index contributed by atoms with van der Waals surface area (Å²) in [4.78, 5) is 0. The highest BCUT2D eigenvalue weighted by molar-refractivity contribution is 7.99. The fraction of sp³-hybridized carbons (Fsp3) is 0.744. The van der Waals surface area contributed by atoms with Crippen LogP contribution in [-0.4, -0.2) is 11.0 Å². The van der Waals surface area contributed by atoms with Crippen LogP contribution in [0.15, 0.2) is 34.9 Å². The lowest BCUT2D eigenvalue weighted by molar-refractivity contribution is 0.283. The molecule has 0 aromatic heterocycles. The Kier molecular flexibility index (Phi) is 12.9. The molecule has 2 aliphatic carbocycles. The number of rotatable bonds is 4. The summed E-state index contributed by atoms with van der Waals surface area (Å²) in [5, 5.41) is 0.878. The van der Waals surface area contributed by atoms with Crippen LogP contribution in [-0.2, 0) is 16.6 Å². The van der Waals surface area contributed by atoms with Gasteiger partial charge in [-0.05, 0) is 94.1 Å². The van der Waals surface area contributed by atoms with Crippen molar-refractivity contribution in [1.29, 1.82) is 0 Å². The van der Waals surface area contributed by atoms with Gasteiger partial charge in [-0.25, -0.2) is 0 Å². The number of hydrogen-bond acceptors (Lipinski definition) is 2. The maximum absolute atomic E-state index is 4.51. The van der Waals surface area contributed by atoms with Gasteiger partial charge in [-0.2, -0.15) is 24.4 Å². The maximum Gasteiger partial charge on any atom is 0.0190 e. The first kappa shape index (κ1) is 36.6. The number of allylic oxidation sites excluding steroid dienone is 3. The van der Waals surface area contributed by atoms with E-state index in [4.69, 9.17) is 0 Å². The minimum absolute atomic E-state index is 0.215. The van der Waals surface area contributed by atoms with Crippen LogP contribution in [0.25, 0.3) is 0 Å². The molecule has 234 valence electrons. The van der Waals surface area contributed by atoms with Crippen molar-refractivity contribution in [3.8, 4) is 0 Å². The van der Waals surface area contributed by atoms with E-state index in [1.165, 1.54) is 84.1 Å². The molecule has 0 aliphatic heterocycles. The summed E-state index contributed by atoms with van der Waals surface area (Å²) in [6, 6.07) is 4.96. The highest BCUT2D eigenvalue weighted by Gasteiger charge is 2.31. The zero-order valence-corrected chi connectivity index (χ0v) is 31.3. The minimum atomic E-state index is 0.215. The van der Waals surface area contributed by atoms with Gasteiger partial charge in [-0.3, -0.25) is 0 Å². The predicted octanol–water partition coefficient (Wildman–Crippen LogP) is 12.8. The number of benzene rings is 1. The quantitative estimate of drug-likeness (QED) is 0.266. The summed E-state index contributed by atoms with van der Waals surface area (Å²) in [5.74, 6) is 2.72. The lowest BCUT2D eigenvalue weighted by Gasteiger charge is -2.37. The van der Waals surface area contributed by atoms with Gasteiger partial charge in [0.2, 0.25) is 0 Å². The third-order valence-electron chi connectivity index (χ3n) is 9.35. The van der Waals surface area contributed by atoms with Gasteiger partial charge < -0.3 is 0 Å². The molecule has 1 aromatic carbocycles. The Morgan fingerprint density at radius 3 is 1.76 bits per heavy atom. The van der Waals surface area contributed by atoms with Crippen molar-refractivity contribution in [3.63, 3.8) is 0 Å². The second-order valence-electron chi connectivity index (χ2n) is 17.1. The van der Waals surface area contributed by atoms with Crippen molar-refractivity contribution in [3.05, 3.63) is 57.2 Å². The molecule has 1 unspecified atom stereocenters. The monoisotopic (exact) mass is 598 g/mol. The van der Waals surface area contributed by atoms with Crippen molar-refractivity contribution in [2.75, 3.05) is 5.75 Å². The standard InChI is InChI=1S/C23H38S.C16H28S/c1-17-18(16-24-20-12-10-8-9-11-13-20)14-19(22(2,3)4)15-21(17)23(5,6)7;1-11-12(10-17)8-13(15(2,3)4)9-14(11)16(5,6)7/h14-15,20H,8-13,16H2,1-7H3;9,13,17H,8,10H2,1-7H3. The largest absolute Gasteiger partial charge is 0.175 e. The van der Waals surface area contributed by atoms with Crippen LogP contribution in [0, 0.1) is 23.7 Å². The second-order valence-corrected chi connectivity index (χ2v) is 18.7. The van der Waals surface area contributed by atoms with Crippen molar-refractivity contribution >= 4 is 24.4 Å². The maximum atomic E-state index is 4.51. The van der Waals surface area contributed by atoms with E-state index >= 15 is 0 Å². The summed E-state index contributed by atoms with van der Waals surface area (Å²) in [7, 11) is 0. The first-order chi connectivity index (χ1) is 18.7. The molecule has 1 saturated carbocycles. The average Bonchev–Trinajstić information content (AvgIpc) is 3.10. The first-order valence-corrected chi connectivity index (χ1v) is 18.1. The Hall–Kier alpha value is -0.600. The third kappa shape index (κ3) is 10.8. The molecule has 0 bridgehead atoms. The van der Waals surface area contributed by atoms with E-state index in [9.17, 15) is 0 Å². The highest BCUT2D eigenvalue weighted by Crippen LogP contribution is 2.44. The molecule has 0 radical (unpaired) electrons. The van der Waals surface area contributed by atoms with Gasteiger partial charge in [-0.1, -0.05) is 133 Å². The van der Waals surface area contributed by atoms with Crippen LogP contribution in [0.5, 0.6) is 0 Å². The van der Waals surface area contributed by atoms with Crippen LogP contribution in [0.4, 0.5) is 0 Å². The summed E-state index contributed by atoms with van der Waals surface area (Å²) in [6.45, 7) is 32.6. The summed E-state index contributed by atoms with van der Waals surface area (Å²) in [6.07, 6.45) is 12.3. The molecule has 41 heavy (non-hydrogen) atoms. The van der Waals surface area contributed by atoms with Gasteiger partial charge in [-0.15, -0.1) is 0 Å². The van der Waals surface area contributed by atoms with E-state index in [-0.39, 0.29) is 16.2 Å². The van der Waals surface area contributed by atoms with Crippen LogP contribution >= 0.6 is 24.4 Å². The lowest BCUT2D eigenvalue weighted by Crippen LogP contribution is -2.26. The van der Waals surface area contributed by atoms with Crippen molar-refractivity contribution in [2.45, 2.75) is 164 Å². The van der Waals surface area contributed by atoms with Crippen LogP contribution in [0.2, 0.25) is 0 Å². The van der Waals surface area contributed by atoms with Crippen molar-refractivity contribution < 1.29 is 0 Å². The van der Waals surface area contributed by atoms with Crippen LogP contribution < -0.4 is 0 Å². The molecule has 0 N–H and O–H groups in total. The van der Waals surface area contributed by atoms with E-state index in [2.05, 4.69) is 140 Å². The van der Waals surface area contributed by atoms with Gasteiger partial charge in [0, 0.05) is 16.8 Å². The minimum Gasteiger partial charge on any atom is -0.175 e. The molecular formula is C39H66S2. The number of thioether (sulfide) groups is 1. The molecular weight excluding hydrogens is 533 g/mol. The molecule has 1 aromatic rings. The highest BCUT2D eigenvalue weighted by atomic mass is 32.2. The molecule has 0 spiro atoms. The van der Waals surface area contributed by atoms with Gasteiger partial charge in [0.15, 0.2) is 0 Å². The average molecular weight is 599 g/mol. The SMILES string of the molecule is CC1=C(CS)CC(C(C)(C)C)C=C1C(C)(C)C.Cc1c(CSC2CCCCCC2)cc(C(C)(C)C)cc1C(C)(C)C. The van der Waals surface area contributed by atoms with E-state index in [0.29, 0.717) is 11.3 Å². The number of hydrogen-bond donors (Lipinski definition) is 1. The summed E-state index contributed by atoms with van der Waals surface area (Å²) in [5.41, 5.74) is 11.7. The zero-order valence-electron chi connectivity index (χ0n) is 29.6. The first-order valence-electron chi connectivity index (χ1n) is 16.4. The van der Waals surface area contributed by atoms with Crippen molar-refractivity contribution in [1.82, 2.24) is 0 Å². The molecule has 0 saturated heterocycles. The van der Waals surface area contributed by atoms with Crippen molar-refractivity contribution in [2.24, 2.45) is 16.7 Å². The van der Waals surface area contributed by atoms with E-state index in [1.54, 1.807) is 5.56 Å². The van der Waals surface area contributed by atoms with Gasteiger partial charge in [0.25, 0.3) is 0 Å². The fourth-order valence-electron chi connectivity index (χ4n) is 6.30. The topological polar surface area (TPSA) is 0 Å². The second kappa shape index (κ2) is 14.5. The molecule has 1 fully saturated rings. The van der Waals surface area contributed by atoms with Gasteiger partial charge >= 0.3 is 0 Å². The third-order valence-corrected chi connectivity index (χ3v) is 11.1. The Morgan fingerprint density at radius 2 is 1.32 bits per heavy atom. The lowest BCUT2D eigenvalue weighted by atomic mass is 9.68. The van der Waals surface area contributed by atoms with E-state index < -0.39 is 0 Å². The number of thiol groups is 1. The normalized spacial score (nSPS) is 19.9. The Morgan fingerprint density at radius 1 is 0.756 bits per heavy atom. The Balaban J connectivity index is 0.000000305. The molecule has 0 nitrogen and oxygen atoms in total. The Bertz CT molecular complexity index is 1050. The smallest absolute Gasteiger partial charge is 0.0190 e. The molecule has 0 amide bonds. The molecule has 0 heterocycles. The van der Waals surface area contributed by atoms with Crippen LogP contribution in [0.1, 0.15) is 157 Å². The van der Waals surface area contributed by atoms with Crippen LogP contribution in [0.3, 0.4) is 0 Å². The summed E-state index contributed by atoms with van der Waals surface area (Å²) >= 11 is 6.73. The van der Waals surface area contributed by atoms with Gasteiger partial charge in [0.1, 0.15) is 0 Å². The summed E-state index contributed by atoms with van der Waals surface area (Å²) < 4.78 is 0. The zero-order chi connectivity index (χ0) is 31.4. The predicted molar refractivity (Wildman–Crippen MR) is 193 cm³/mol. The van der Waals surface area contributed by atoms with E-state index in [0.717, 1.165) is 11.0 Å².